The van der Waals surface area contributed by atoms with Crippen molar-refractivity contribution >= 4 is 43.6 Å². The smallest absolute Gasteiger partial charge is 0.220 e. The normalized spacial score (nSPS) is 10.4. The van der Waals surface area contributed by atoms with Gasteiger partial charge in [0.15, 0.2) is 5.78 Å². The lowest BCUT2D eigenvalue weighted by atomic mass is 10.2. The summed E-state index contributed by atoms with van der Waals surface area (Å²) in [6.07, 6.45) is 0.117. The van der Waals surface area contributed by atoms with Gasteiger partial charge in [0.2, 0.25) is 5.91 Å². The monoisotopic (exact) mass is 471 g/mol. The Hall–Kier alpha value is -1.73. The Morgan fingerprint density at radius 1 is 1.00 bits per heavy atom. The zero-order valence-electron chi connectivity index (χ0n) is 13.2. The van der Waals surface area contributed by atoms with Gasteiger partial charge in [0.1, 0.15) is 18.2 Å². The third-order valence-electron chi connectivity index (χ3n) is 3.34. The van der Waals surface area contributed by atoms with Crippen molar-refractivity contribution in [2.75, 3.05) is 6.61 Å². The molecule has 0 fully saturated rings. The molecule has 0 spiro atoms. The highest BCUT2D eigenvalue weighted by Crippen LogP contribution is 2.16. The van der Waals surface area contributed by atoms with Crippen molar-refractivity contribution in [2.24, 2.45) is 0 Å². The third kappa shape index (κ3) is 6.96. The molecule has 25 heavy (non-hydrogen) atoms. The SMILES string of the molecule is O=C(CCC(=O)NCc1ccc(Br)cc1F)COc1ccc(Br)cc1. The molecule has 0 saturated heterocycles. The van der Waals surface area contributed by atoms with E-state index in [2.05, 4.69) is 37.2 Å². The number of hydrogen-bond donors (Lipinski definition) is 1. The van der Waals surface area contributed by atoms with Crippen molar-refractivity contribution in [1.29, 1.82) is 0 Å². The van der Waals surface area contributed by atoms with E-state index in [-0.39, 0.29) is 37.7 Å². The highest BCUT2D eigenvalue weighted by atomic mass is 79.9. The van der Waals surface area contributed by atoms with Crippen LogP contribution in [0.2, 0.25) is 0 Å². The largest absolute Gasteiger partial charge is 0.486 e. The molecule has 132 valence electrons. The summed E-state index contributed by atoms with van der Waals surface area (Å²) in [5.74, 6) is -0.285. The van der Waals surface area contributed by atoms with E-state index in [1.807, 2.05) is 12.1 Å². The number of nitrogens with one attached hydrogen (secondary N) is 1. The Balaban J connectivity index is 1.68. The lowest BCUT2D eigenvalue weighted by Crippen LogP contribution is -2.24. The first-order valence-corrected chi connectivity index (χ1v) is 9.13. The van der Waals surface area contributed by atoms with E-state index in [1.165, 1.54) is 6.07 Å². The van der Waals surface area contributed by atoms with Gasteiger partial charge in [-0.15, -0.1) is 0 Å². The number of halogens is 3. The molecule has 2 rings (SSSR count). The summed E-state index contributed by atoms with van der Waals surface area (Å²) in [7, 11) is 0. The molecule has 7 heteroatoms. The molecular weight excluding hydrogens is 457 g/mol. The minimum atomic E-state index is -0.395. The summed E-state index contributed by atoms with van der Waals surface area (Å²) in [6.45, 7) is -0.00220. The predicted octanol–water partition coefficient (Wildman–Crippen LogP) is 4.40. The van der Waals surface area contributed by atoms with Crippen LogP contribution in [0.3, 0.4) is 0 Å². The summed E-state index contributed by atoms with van der Waals surface area (Å²) in [6, 6.07) is 11.8. The first-order valence-electron chi connectivity index (χ1n) is 7.55. The van der Waals surface area contributed by atoms with E-state index in [1.54, 1.807) is 24.3 Å². The zero-order valence-corrected chi connectivity index (χ0v) is 16.4. The maximum atomic E-state index is 13.6. The van der Waals surface area contributed by atoms with Gasteiger partial charge >= 0.3 is 0 Å². The maximum Gasteiger partial charge on any atom is 0.220 e. The fourth-order valence-electron chi connectivity index (χ4n) is 1.97. The highest BCUT2D eigenvalue weighted by molar-refractivity contribution is 9.10. The van der Waals surface area contributed by atoms with Gasteiger partial charge in [0.25, 0.3) is 0 Å². The molecule has 0 radical (unpaired) electrons. The number of carbonyl (C=O) groups excluding carboxylic acids is 2. The number of amides is 1. The van der Waals surface area contributed by atoms with Crippen molar-refractivity contribution in [2.45, 2.75) is 19.4 Å². The average Bonchev–Trinajstić information content (AvgIpc) is 2.58. The molecule has 0 unspecified atom stereocenters. The summed E-state index contributed by atoms with van der Waals surface area (Å²) in [5.41, 5.74) is 0.390. The Labute approximate surface area is 162 Å². The minimum Gasteiger partial charge on any atom is -0.486 e. The first kappa shape index (κ1) is 19.6. The summed E-state index contributed by atoms with van der Waals surface area (Å²) >= 11 is 6.49. The molecule has 0 heterocycles. The number of ketones is 1. The predicted molar refractivity (Wildman–Crippen MR) is 99.8 cm³/mol. The maximum absolute atomic E-state index is 13.6. The lowest BCUT2D eigenvalue weighted by Gasteiger charge is -2.07. The Morgan fingerprint density at radius 3 is 2.36 bits per heavy atom. The Kier molecular flexibility index (Phi) is 7.58. The van der Waals surface area contributed by atoms with Crippen molar-refractivity contribution in [1.82, 2.24) is 5.32 Å². The summed E-state index contributed by atoms with van der Waals surface area (Å²) in [4.78, 5) is 23.5. The average molecular weight is 473 g/mol. The molecule has 0 atom stereocenters. The first-order chi connectivity index (χ1) is 11.9. The van der Waals surface area contributed by atoms with Gasteiger partial charge in [0, 0.05) is 33.9 Å². The molecule has 4 nitrogen and oxygen atoms in total. The number of ether oxygens (including phenoxy) is 1. The van der Waals surface area contributed by atoms with Gasteiger partial charge in [-0.3, -0.25) is 9.59 Å². The standard InChI is InChI=1S/C18H16Br2FNO3/c19-13-3-6-16(7-4-13)25-11-15(23)5-8-18(24)22-10-12-1-2-14(20)9-17(12)21/h1-4,6-7,9H,5,8,10-11H2,(H,22,24). The number of Topliss-reactive ketones (excluding diaryl/α,β-unsaturated/α-hetero) is 1. The summed E-state index contributed by atoms with van der Waals surface area (Å²) in [5, 5.41) is 2.60. The Morgan fingerprint density at radius 2 is 1.68 bits per heavy atom. The Bertz CT molecular complexity index is 750. The van der Waals surface area contributed by atoms with Crippen molar-refractivity contribution in [3.05, 3.63) is 62.8 Å². The molecule has 0 aliphatic carbocycles. The van der Waals surface area contributed by atoms with E-state index in [0.717, 1.165) is 4.47 Å². The van der Waals surface area contributed by atoms with Crippen LogP contribution in [0.15, 0.2) is 51.4 Å². The van der Waals surface area contributed by atoms with Gasteiger partial charge in [-0.1, -0.05) is 37.9 Å². The van der Waals surface area contributed by atoms with Crippen LogP contribution in [0.25, 0.3) is 0 Å². The van der Waals surface area contributed by atoms with Crippen molar-refractivity contribution < 1.29 is 18.7 Å². The van der Waals surface area contributed by atoms with Crippen LogP contribution in [0.4, 0.5) is 4.39 Å². The molecule has 1 amide bonds. The molecule has 2 aromatic rings. The number of hydrogen-bond acceptors (Lipinski definition) is 3. The zero-order chi connectivity index (χ0) is 18.2. The van der Waals surface area contributed by atoms with Gasteiger partial charge in [-0.2, -0.15) is 0 Å². The number of carbonyl (C=O) groups is 2. The van der Waals surface area contributed by atoms with Gasteiger partial charge in [0.05, 0.1) is 0 Å². The van der Waals surface area contributed by atoms with Crippen LogP contribution >= 0.6 is 31.9 Å². The molecule has 2 aromatic carbocycles. The quantitative estimate of drug-likeness (QED) is 0.619. The number of benzene rings is 2. The summed E-state index contributed by atoms with van der Waals surface area (Å²) < 4.78 is 20.6. The van der Waals surface area contributed by atoms with E-state index < -0.39 is 5.82 Å². The molecule has 0 saturated carbocycles. The molecule has 0 aromatic heterocycles. The molecular formula is C18H16Br2FNO3. The van der Waals surface area contributed by atoms with Crippen molar-refractivity contribution in [3.8, 4) is 5.75 Å². The molecule has 0 bridgehead atoms. The second kappa shape index (κ2) is 9.68. The molecule has 0 aliphatic rings. The van der Waals surface area contributed by atoms with Crippen LogP contribution in [0.1, 0.15) is 18.4 Å². The van der Waals surface area contributed by atoms with Gasteiger partial charge in [-0.25, -0.2) is 4.39 Å². The van der Waals surface area contributed by atoms with E-state index in [4.69, 9.17) is 4.74 Å². The van der Waals surface area contributed by atoms with Crippen LogP contribution < -0.4 is 10.1 Å². The van der Waals surface area contributed by atoms with Crippen LogP contribution in [0.5, 0.6) is 5.75 Å². The highest BCUT2D eigenvalue weighted by Gasteiger charge is 2.09. The van der Waals surface area contributed by atoms with E-state index in [0.29, 0.717) is 15.8 Å². The fraction of sp³-hybridized carbons (Fsp3) is 0.222. The van der Waals surface area contributed by atoms with Crippen LogP contribution in [-0.4, -0.2) is 18.3 Å². The fourth-order valence-corrected chi connectivity index (χ4v) is 2.56. The molecule has 1 N–H and O–H groups in total. The number of rotatable bonds is 8. The van der Waals surface area contributed by atoms with E-state index >= 15 is 0 Å². The van der Waals surface area contributed by atoms with E-state index in [9.17, 15) is 14.0 Å². The van der Waals surface area contributed by atoms with Crippen molar-refractivity contribution in [3.63, 3.8) is 0 Å². The van der Waals surface area contributed by atoms with Gasteiger partial charge < -0.3 is 10.1 Å². The molecule has 0 aliphatic heterocycles. The van der Waals surface area contributed by atoms with Gasteiger partial charge in [-0.05, 0) is 36.4 Å². The second-order valence-electron chi connectivity index (χ2n) is 5.29. The topological polar surface area (TPSA) is 55.4 Å². The lowest BCUT2D eigenvalue weighted by molar-refractivity contribution is -0.126. The van der Waals surface area contributed by atoms with Crippen LogP contribution in [0, 0.1) is 5.82 Å². The second-order valence-corrected chi connectivity index (χ2v) is 7.13. The van der Waals surface area contributed by atoms with Crippen LogP contribution in [-0.2, 0) is 16.1 Å². The third-order valence-corrected chi connectivity index (χ3v) is 4.36. The minimum absolute atomic E-state index is 0.0423.